The van der Waals surface area contributed by atoms with Crippen molar-refractivity contribution in [1.29, 1.82) is 0 Å². The highest BCUT2D eigenvalue weighted by Crippen LogP contribution is 2.30. The van der Waals surface area contributed by atoms with Gasteiger partial charge in [-0.1, -0.05) is 11.8 Å². The van der Waals surface area contributed by atoms with Crippen LogP contribution in [0.3, 0.4) is 0 Å². The van der Waals surface area contributed by atoms with E-state index in [-0.39, 0.29) is 11.4 Å². The van der Waals surface area contributed by atoms with Crippen molar-refractivity contribution in [1.82, 2.24) is 4.98 Å². The van der Waals surface area contributed by atoms with Crippen LogP contribution < -0.4 is 0 Å². The standard InChI is InChI=1S/C13H10FNO2S/c1-8-6-12(11(7-15-8)13(16)17)18-10-4-2-9(14)3-5-10/h2-7H,1H3,(H,16,17). The average Bonchev–Trinajstić information content (AvgIpc) is 2.32. The molecule has 18 heavy (non-hydrogen) atoms. The Hall–Kier alpha value is -1.88. The Labute approximate surface area is 108 Å². The Morgan fingerprint density at radius 2 is 2.00 bits per heavy atom. The largest absolute Gasteiger partial charge is 0.478 e. The van der Waals surface area contributed by atoms with Crippen molar-refractivity contribution in [2.75, 3.05) is 0 Å². The molecule has 0 bridgehead atoms. The minimum Gasteiger partial charge on any atom is -0.478 e. The molecule has 0 aliphatic carbocycles. The normalized spacial score (nSPS) is 10.3. The van der Waals surface area contributed by atoms with Crippen LogP contribution in [-0.2, 0) is 0 Å². The molecule has 3 nitrogen and oxygen atoms in total. The van der Waals surface area contributed by atoms with Gasteiger partial charge < -0.3 is 5.11 Å². The van der Waals surface area contributed by atoms with Gasteiger partial charge in [0.25, 0.3) is 0 Å². The van der Waals surface area contributed by atoms with Crippen molar-refractivity contribution in [3.63, 3.8) is 0 Å². The Morgan fingerprint density at radius 1 is 1.33 bits per heavy atom. The van der Waals surface area contributed by atoms with Gasteiger partial charge in [-0.3, -0.25) is 4.98 Å². The Morgan fingerprint density at radius 3 is 2.61 bits per heavy atom. The molecule has 0 saturated carbocycles. The number of aromatic carboxylic acids is 1. The fourth-order valence-electron chi connectivity index (χ4n) is 1.41. The number of carboxylic acids is 1. The van der Waals surface area contributed by atoms with Crippen molar-refractivity contribution in [2.24, 2.45) is 0 Å². The molecule has 0 saturated heterocycles. The number of benzene rings is 1. The van der Waals surface area contributed by atoms with E-state index in [0.29, 0.717) is 4.90 Å². The summed E-state index contributed by atoms with van der Waals surface area (Å²) >= 11 is 1.28. The molecule has 0 unspecified atom stereocenters. The Bertz CT molecular complexity index is 584. The highest BCUT2D eigenvalue weighted by Gasteiger charge is 2.12. The number of nitrogens with zero attached hydrogens (tertiary/aromatic N) is 1. The summed E-state index contributed by atoms with van der Waals surface area (Å²) < 4.78 is 12.8. The maximum Gasteiger partial charge on any atom is 0.338 e. The van der Waals surface area contributed by atoms with Crippen molar-refractivity contribution >= 4 is 17.7 Å². The molecule has 0 atom stereocenters. The van der Waals surface area contributed by atoms with Crippen LogP contribution in [0.5, 0.6) is 0 Å². The van der Waals surface area contributed by atoms with Crippen LogP contribution in [0.15, 0.2) is 46.3 Å². The van der Waals surface area contributed by atoms with Crippen molar-refractivity contribution in [3.05, 3.63) is 53.6 Å². The van der Waals surface area contributed by atoms with E-state index in [9.17, 15) is 9.18 Å². The van der Waals surface area contributed by atoms with Crippen molar-refractivity contribution in [2.45, 2.75) is 16.7 Å². The number of aryl methyl sites for hydroxylation is 1. The maximum absolute atomic E-state index is 12.8. The van der Waals surface area contributed by atoms with Crippen LogP contribution in [0.1, 0.15) is 16.1 Å². The third-order valence-corrected chi connectivity index (χ3v) is 3.34. The van der Waals surface area contributed by atoms with Crippen LogP contribution in [0, 0.1) is 12.7 Å². The average molecular weight is 263 g/mol. The zero-order chi connectivity index (χ0) is 13.1. The number of carbonyl (C=O) groups is 1. The van der Waals surface area contributed by atoms with Gasteiger partial charge in [0.1, 0.15) is 5.82 Å². The summed E-state index contributed by atoms with van der Waals surface area (Å²) in [5, 5.41) is 9.07. The first-order chi connectivity index (χ1) is 8.56. The molecule has 1 N–H and O–H groups in total. The third-order valence-electron chi connectivity index (χ3n) is 2.27. The maximum atomic E-state index is 12.8. The van der Waals surface area contributed by atoms with Crippen LogP contribution in [0.2, 0.25) is 0 Å². The molecule has 2 rings (SSSR count). The summed E-state index contributed by atoms with van der Waals surface area (Å²) in [5.74, 6) is -1.34. The molecule has 0 radical (unpaired) electrons. The van der Waals surface area contributed by atoms with Gasteiger partial charge in [0.2, 0.25) is 0 Å². The van der Waals surface area contributed by atoms with E-state index in [1.807, 2.05) is 0 Å². The molecule has 0 aliphatic heterocycles. The molecular formula is C13H10FNO2S. The van der Waals surface area contributed by atoms with Gasteiger partial charge in [-0.05, 0) is 37.3 Å². The lowest BCUT2D eigenvalue weighted by Crippen LogP contribution is -2.00. The van der Waals surface area contributed by atoms with Gasteiger partial charge in [-0.25, -0.2) is 9.18 Å². The van der Waals surface area contributed by atoms with Crippen LogP contribution in [0.25, 0.3) is 0 Å². The third kappa shape index (κ3) is 2.87. The highest BCUT2D eigenvalue weighted by molar-refractivity contribution is 7.99. The first-order valence-corrected chi connectivity index (χ1v) is 6.01. The number of carboxylic acid groups (broad SMARTS) is 1. The molecule has 92 valence electrons. The minimum atomic E-state index is -1.02. The van der Waals surface area contributed by atoms with E-state index >= 15 is 0 Å². The lowest BCUT2D eigenvalue weighted by molar-refractivity contribution is 0.0692. The predicted molar refractivity (Wildman–Crippen MR) is 66.5 cm³/mol. The Balaban J connectivity index is 2.35. The Kier molecular flexibility index (Phi) is 3.62. The van der Waals surface area contributed by atoms with Gasteiger partial charge in [0.05, 0.1) is 5.56 Å². The summed E-state index contributed by atoms with van der Waals surface area (Å²) in [6.07, 6.45) is 1.34. The van der Waals surface area contributed by atoms with Gasteiger partial charge in [0.15, 0.2) is 0 Å². The number of pyridine rings is 1. The number of halogens is 1. The number of hydrogen-bond acceptors (Lipinski definition) is 3. The van der Waals surface area contributed by atoms with E-state index in [0.717, 1.165) is 10.6 Å². The van der Waals surface area contributed by atoms with Gasteiger partial charge in [0, 0.05) is 21.7 Å². The van der Waals surface area contributed by atoms with Crippen LogP contribution in [0.4, 0.5) is 4.39 Å². The summed E-state index contributed by atoms with van der Waals surface area (Å²) in [5.41, 5.74) is 0.888. The number of rotatable bonds is 3. The zero-order valence-electron chi connectivity index (χ0n) is 9.55. The second kappa shape index (κ2) is 5.18. The summed E-state index contributed by atoms with van der Waals surface area (Å²) in [4.78, 5) is 16.4. The van der Waals surface area contributed by atoms with Gasteiger partial charge in [-0.2, -0.15) is 0 Å². The lowest BCUT2D eigenvalue weighted by atomic mass is 10.2. The number of aromatic nitrogens is 1. The van der Waals surface area contributed by atoms with Crippen LogP contribution >= 0.6 is 11.8 Å². The summed E-state index contributed by atoms with van der Waals surface area (Å²) in [6.45, 7) is 1.79. The SMILES string of the molecule is Cc1cc(Sc2ccc(F)cc2)c(C(=O)O)cn1. The first-order valence-electron chi connectivity index (χ1n) is 5.19. The molecule has 0 aliphatic rings. The topological polar surface area (TPSA) is 50.2 Å². The van der Waals surface area contributed by atoms with Crippen molar-refractivity contribution < 1.29 is 14.3 Å². The number of hydrogen-bond donors (Lipinski definition) is 1. The van der Waals surface area contributed by atoms with Gasteiger partial charge in [-0.15, -0.1) is 0 Å². The van der Waals surface area contributed by atoms with E-state index in [1.165, 1.54) is 30.1 Å². The second-order valence-electron chi connectivity index (χ2n) is 3.68. The van der Waals surface area contributed by atoms with Gasteiger partial charge >= 0.3 is 5.97 Å². The second-order valence-corrected chi connectivity index (χ2v) is 4.80. The molecule has 1 heterocycles. The molecular weight excluding hydrogens is 253 g/mol. The molecule has 0 spiro atoms. The molecule has 5 heteroatoms. The van der Waals surface area contributed by atoms with E-state index in [2.05, 4.69) is 4.98 Å². The van der Waals surface area contributed by atoms with E-state index in [1.54, 1.807) is 25.1 Å². The molecule has 1 aromatic carbocycles. The van der Waals surface area contributed by atoms with Crippen LogP contribution in [-0.4, -0.2) is 16.1 Å². The quantitative estimate of drug-likeness (QED) is 0.922. The first kappa shape index (κ1) is 12.6. The monoisotopic (exact) mass is 263 g/mol. The molecule has 0 fully saturated rings. The predicted octanol–water partition coefficient (Wildman–Crippen LogP) is 3.38. The fraction of sp³-hybridized carbons (Fsp3) is 0.0769. The molecule has 0 amide bonds. The smallest absolute Gasteiger partial charge is 0.338 e. The molecule has 2 aromatic rings. The lowest BCUT2D eigenvalue weighted by Gasteiger charge is -2.06. The summed E-state index contributed by atoms with van der Waals surface area (Å²) in [6, 6.07) is 7.62. The fourth-order valence-corrected chi connectivity index (χ4v) is 2.41. The van der Waals surface area contributed by atoms with E-state index in [4.69, 9.17) is 5.11 Å². The molecule has 1 aromatic heterocycles. The van der Waals surface area contributed by atoms with E-state index < -0.39 is 5.97 Å². The van der Waals surface area contributed by atoms with Crippen molar-refractivity contribution in [3.8, 4) is 0 Å². The minimum absolute atomic E-state index is 0.148. The highest BCUT2D eigenvalue weighted by atomic mass is 32.2. The zero-order valence-corrected chi connectivity index (χ0v) is 10.4. The summed E-state index contributed by atoms with van der Waals surface area (Å²) in [7, 11) is 0.